The second-order valence-corrected chi connectivity index (χ2v) is 7.69. The molecule has 0 aliphatic carbocycles. The number of aliphatic hydroxyl groups excluding tert-OH is 1. The molecule has 1 aromatic heterocycles. The summed E-state index contributed by atoms with van der Waals surface area (Å²) in [5.74, 6) is 0.241. The number of nitrogens with one attached hydrogen (secondary N) is 1. The van der Waals surface area contributed by atoms with Crippen LogP contribution in [0.2, 0.25) is 0 Å². The predicted octanol–water partition coefficient (Wildman–Crippen LogP) is 3.88. The lowest BCUT2D eigenvalue weighted by atomic mass is 9.75. The van der Waals surface area contributed by atoms with Crippen molar-refractivity contribution in [3.05, 3.63) is 52.8 Å². The molecule has 0 radical (unpaired) electrons. The van der Waals surface area contributed by atoms with Gasteiger partial charge in [0.1, 0.15) is 0 Å². The van der Waals surface area contributed by atoms with Gasteiger partial charge in [-0.15, -0.1) is 0 Å². The topological polar surface area (TPSA) is 50.1 Å². The minimum Gasteiger partial charge on any atom is -0.396 e. The molecule has 4 nitrogen and oxygen atoms in total. The molecular formula is C21H33N3O. The molecule has 1 aromatic carbocycles. The SMILES string of the molecule is CCC(NCC(c1ccccc1)C(C)(C)CO)c1c(C)nn(C)c1C. The fraction of sp³-hybridized carbons (Fsp3) is 0.571. The lowest BCUT2D eigenvalue weighted by Gasteiger charge is -2.34. The summed E-state index contributed by atoms with van der Waals surface area (Å²) < 4.78 is 1.96. The highest BCUT2D eigenvalue weighted by molar-refractivity contribution is 5.28. The van der Waals surface area contributed by atoms with Crippen molar-refractivity contribution >= 4 is 0 Å². The van der Waals surface area contributed by atoms with Crippen LogP contribution in [0.3, 0.4) is 0 Å². The van der Waals surface area contributed by atoms with Crippen LogP contribution in [0, 0.1) is 19.3 Å². The lowest BCUT2D eigenvalue weighted by Crippen LogP contribution is -2.36. The maximum Gasteiger partial charge on any atom is 0.0644 e. The van der Waals surface area contributed by atoms with E-state index >= 15 is 0 Å². The Kier molecular flexibility index (Phi) is 6.42. The summed E-state index contributed by atoms with van der Waals surface area (Å²) in [7, 11) is 2.00. The van der Waals surface area contributed by atoms with Crippen LogP contribution in [0.1, 0.15) is 61.7 Å². The largest absolute Gasteiger partial charge is 0.396 e. The second kappa shape index (κ2) is 8.15. The average Bonchev–Trinajstić information content (AvgIpc) is 2.85. The van der Waals surface area contributed by atoms with Crippen LogP contribution >= 0.6 is 0 Å². The second-order valence-electron chi connectivity index (χ2n) is 7.69. The van der Waals surface area contributed by atoms with Gasteiger partial charge in [-0.25, -0.2) is 0 Å². The fourth-order valence-electron chi connectivity index (χ4n) is 3.65. The van der Waals surface area contributed by atoms with Crippen molar-refractivity contribution in [1.82, 2.24) is 15.1 Å². The van der Waals surface area contributed by atoms with Gasteiger partial charge in [-0.1, -0.05) is 51.1 Å². The minimum atomic E-state index is -0.189. The molecule has 0 aliphatic heterocycles. The third kappa shape index (κ3) is 4.31. The molecule has 1 heterocycles. The quantitative estimate of drug-likeness (QED) is 0.765. The first kappa shape index (κ1) is 19.7. The van der Waals surface area contributed by atoms with Crippen LogP contribution in [0.5, 0.6) is 0 Å². The third-order valence-electron chi connectivity index (χ3n) is 5.44. The monoisotopic (exact) mass is 343 g/mol. The number of hydrogen-bond acceptors (Lipinski definition) is 3. The van der Waals surface area contributed by atoms with E-state index in [-0.39, 0.29) is 24.0 Å². The summed E-state index contributed by atoms with van der Waals surface area (Å²) in [6.07, 6.45) is 1.01. The molecule has 4 heteroatoms. The summed E-state index contributed by atoms with van der Waals surface area (Å²) in [4.78, 5) is 0. The van der Waals surface area contributed by atoms with Crippen molar-refractivity contribution in [2.24, 2.45) is 12.5 Å². The van der Waals surface area contributed by atoms with Crippen molar-refractivity contribution in [2.45, 2.75) is 53.0 Å². The zero-order valence-corrected chi connectivity index (χ0v) is 16.5. The van der Waals surface area contributed by atoms with E-state index in [1.807, 2.05) is 17.8 Å². The first-order chi connectivity index (χ1) is 11.8. The molecule has 2 rings (SSSR count). The number of hydrogen-bond donors (Lipinski definition) is 2. The molecule has 0 bridgehead atoms. The number of nitrogens with zero attached hydrogens (tertiary/aromatic N) is 2. The number of aryl methyl sites for hydroxylation is 2. The Morgan fingerprint density at radius 3 is 2.32 bits per heavy atom. The lowest BCUT2D eigenvalue weighted by molar-refractivity contribution is 0.127. The third-order valence-corrected chi connectivity index (χ3v) is 5.44. The van der Waals surface area contributed by atoms with Gasteiger partial charge in [-0.2, -0.15) is 5.10 Å². The minimum absolute atomic E-state index is 0.163. The van der Waals surface area contributed by atoms with Gasteiger partial charge in [0, 0.05) is 43.4 Å². The van der Waals surface area contributed by atoms with Crippen LogP contribution in [-0.4, -0.2) is 28.0 Å². The van der Waals surface area contributed by atoms with E-state index in [4.69, 9.17) is 0 Å². The van der Waals surface area contributed by atoms with E-state index in [0.29, 0.717) is 0 Å². The molecule has 0 aliphatic rings. The van der Waals surface area contributed by atoms with Gasteiger partial charge in [0.05, 0.1) is 5.69 Å². The molecule has 0 amide bonds. The molecule has 2 aromatic rings. The van der Waals surface area contributed by atoms with Gasteiger partial charge in [-0.3, -0.25) is 4.68 Å². The number of rotatable bonds is 8. The molecule has 0 saturated heterocycles. The number of aliphatic hydroxyl groups is 1. The summed E-state index contributed by atoms with van der Waals surface area (Å²) >= 11 is 0. The Labute approximate surface area is 152 Å². The maximum atomic E-state index is 9.92. The Bertz CT molecular complexity index is 676. The van der Waals surface area contributed by atoms with Gasteiger partial charge in [-0.05, 0) is 31.2 Å². The summed E-state index contributed by atoms with van der Waals surface area (Å²) in [5.41, 5.74) is 4.69. The van der Waals surface area contributed by atoms with Crippen LogP contribution in [0.15, 0.2) is 30.3 Å². The molecule has 2 unspecified atom stereocenters. The van der Waals surface area contributed by atoms with Crippen LogP contribution in [-0.2, 0) is 7.05 Å². The Morgan fingerprint density at radius 1 is 1.20 bits per heavy atom. The van der Waals surface area contributed by atoms with Crippen molar-refractivity contribution in [2.75, 3.05) is 13.2 Å². The van der Waals surface area contributed by atoms with Crippen molar-refractivity contribution < 1.29 is 5.11 Å². The predicted molar refractivity (Wildman–Crippen MR) is 104 cm³/mol. The standard InChI is InChI=1S/C21H33N3O/c1-7-19(20-15(2)23-24(6)16(20)3)22-13-18(21(4,5)14-25)17-11-9-8-10-12-17/h8-12,18-19,22,25H,7,13-14H2,1-6H3. The highest BCUT2D eigenvalue weighted by Gasteiger charge is 2.31. The van der Waals surface area contributed by atoms with Gasteiger partial charge in [0.25, 0.3) is 0 Å². The van der Waals surface area contributed by atoms with E-state index in [1.54, 1.807) is 0 Å². The van der Waals surface area contributed by atoms with E-state index in [9.17, 15) is 5.11 Å². The van der Waals surface area contributed by atoms with Crippen molar-refractivity contribution in [3.8, 4) is 0 Å². The smallest absolute Gasteiger partial charge is 0.0644 e. The first-order valence-corrected chi connectivity index (χ1v) is 9.21. The molecule has 25 heavy (non-hydrogen) atoms. The Morgan fingerprint density at radius 2 is 1.84 bits per heavy atom. The van der Waals surface area contributed by atoms with Gasteiger partial charge in [0.2, 0.25) is 0 Å². The van der Waals surface area contributed by atoms with E-state index in [0.717, 1.165) is 18.7 Å². The maximum absolute atomic E-state index is 9.92. The fourth-order valence-corrected chi connectivity index (χ4v) is 3.65. The molecule has 2 N–H and O–H groups in total. The first-order valence-electron chi connectivity index (χ1n) is 9.21. The van der Waals surface area contributed by atoms with Gasteiger partial charge >= 0.3 is 0 Å². The highest BCUT2D eigenvalue weighted by atomic mass is 16.3. The van der Waals surface area contributed by atoms with E-state index in [1.165, 1.54) is 16.8 Å². The van der Waals surface area contributed by atoms with E-state index < -0.39 is 0 Å². The van der Waals surface area contributed by atoms with Crippen molar-refractivity contribution in [1.29, 1.82) is 0 Å². The van der Waals surface area contributed by atoms with E-state index in [2.05, 4.69) is 69.3 Å². The summed E-state index contributed by atoms with van der Waals surface area (Å²) in [6.45, 7) is 11.7. The highest BCUT2D eigenvalue weighted by Crippen LogP contribution is 2.35. The van der Waals surface area contributed by atoms with Crippen molar-refractivity contribution in [3.63, 3.8) is 0 Å². The van der Waals surface area contributed by atoms with Gasteiger partial charge < -0.3 is 10.4 Å². The molecule has 0 fully saturated rings. The number of benzene rings is 1. The molecule has 138 valence electrons. The van der Waals surface area contributed by atoms with Gasteiger partial charge in [0.15, 0.2) is 0 Å². The summed E-state index contributed by atoms with van der Waals surface area (Å²) in [6, 6.07) is 10.8. The normalized spacial score (nSPS) is 14.5. The Balaban J connectivity index is 2.24. The molecule has 0 spiro atoms. The summed E-state index contributed by atoms with van der Waals surface area (Å²) in [5, 5.41) is 18.2. The number of aromatic nitrogens is 2. The molecule has 2 atom stereocenters. The Hall–Kier alpha value is -1.65. The molecule has 0 saturated carbocycles. The zero-order chi connectivity index (χ0) is 18.6. The zero-order valence-electron chi connectivity index (χ0n) is 16.5. The van der Waals surface area contributed by atoms with Crippen LogP contribution < -0.4 is 5.32 Å². The van der Waals surface area contributed by atoms with Crippen LogP contribution in [0.4, 0.5) is 0 Å². The average molecular weight is 344 g/mol. The van der Waals surface area contributed by atoms with Crippen LogP contribution in [0.25, 0.3) is 0 Å². The molecular weight excluding hydrogens is 310 g/mol.